The highest BCUT2D eigenvalue weighted by Gasteiger charge is 2.21. The molecule has 3 nitrogen and oxygen atoms in total. The molecule has 19 heavy (non-hydrogen) atoms. The van der Waals surface area contributed by atoms with Gasteiger partial charge in [-0.25, -0.2) is 4.39 Å². The molecule has 0 radical (unpaired) electrons. The van der Waals surface area contributed by atoms with Crippen LogP contribution in [-0.4, -0.2) is 35.6 Å². The van der Waals surface area contributed by atoms with Crippen LogP contribution in [0.5, 0.6) is 0 Å². The van der Waals surface area contributed by atoms with E-state index in [-0.39, 0.29) is 18.1 Å². The van der Waals surface area contributed by atoms with Crippen LogP contribution in [0, 0.1) is 17.7 Å². The van der Waals surface area contributed by atoms with Crippen LogP contribution >= 0.6 is 0 Å². The fourth-order valence-electron chi connectivity index (χ4n) is 2.18. The second-order valence-electron chi connectivity index (χ2n) is 4.51. The van der Waals surface area contributed by atoms with Crippen LogP contribution in [0.1, 0.15) is 35.2 Å². The van der Waals surface area contributed by atoms with Gasteiger partial charge in [0, 0.05) is 18.7 Å². The number of hydrogen-bond donors (Lipinski definition) is 1. The van der Waals surface area contributed by atoms with Gasteiger partial charge in [-0.2, -0.15) is 0 Å². The Hall–Kier alpha value is -1.86. The number of carbonyl (C=O) groups is 1. The Morgan fingerprint density at radius 3 is 2.74 bits per heavy atom. The molecule has 0 unspecified atom stereocenters. The average molecular weight is 261 g/mol. The molecule has 1 aromatic rings. The standard InChI is InChI=1S/C15H16FNO2/c16-14-7-6-12(5-4-10-18)11-13(14)15(19)17-8-2-1-3-9-17/h6-7,11,18H,1-3,8-10H2. The van der Waals surface area contributed by atoms with E-state index < -0.39 is 5.82 Å². The SMILES string of the molecule is O=C(c1cc(C#CCO)ccc1F)N1CCCCC1. The third-order valence-electron chi connectivity index (χ3n) is 3.15. The molecule has 1 heterocycles. The average Bonchev–Trinajstić information content (AvgIpc) is 2.46. The Labute approximate surface area is 112 Å². The van der Waals surface area contributed by atoms with Gasteiger partial charge < -0.3 is 10.0 Å². The maximum atomic E-state index is 13.8. The lowest BCUT2D eigenvalue weighted by Crippen LogP contribution is -2.36. The molecular formula is C15H16FNO2. The first-order valence-corrected chi connectivity index (χ1v) is 6.41. The summed E-state index contributed by atoms with van der Waals surface area (Å²) in [6.45, 7) is 1.11. The first-order chi connectivity index (χ1) is 9.22. The Morgan fingerprint density at radius 1 is 1.32 bits per heavy atom. The highest BCUT2D eigenvalue weighted by atomic mass is 19.1. The van der Waals surface area contributed by atoms with Gasteiger partial charge in [0.15, 0.2) is 0 Å². The van der Waals surface area contributed by atoms with E-state index in [9.17, 15) is 9.18 Å². The summed E-state index contributed by atoms with van der Waals surface area (Å²) in [5, 5.41) is 8.64. The number of carbonyl (C=O) groups excluding carboxylic acids is 1. The Morgan fingerprint density at radius 2 is 2.05 bits per heavy atom. The highest BCUT2D eigenvalue weighted by molar-refractivity contribution is 5.95. The molecule has 100 valence electrons. The van der Waals surface area contributed by atoms with Gasteiger partial charge in [-0.1, -0.05) is 11.8 Å². The predicted octanol–water partition coefficient (Wildman–Crippen LogP) is 1.80. The molecule has 1 aliphatic rings. The minimum absolute atomic E-state index is 0.0617. The fraction of sp³-hybridized carbons (Fsp3) is 0.400. The summed E-state index contributed by atoms with van der Waals surface area (Å²) in [6.07, 6.45) is 3.06. The van der Waals surface area contributed by atoms with E-state index in [1.54, 1.807) is 4.90 Å². The summed E-state index contributed by atoms with van der Waals surface area (Å²) in [5.74, 6) is 4.37. The van der Waals surface area contributed by atoms with Crippen molar-refractivity contribution in [3.8, 4) is 11.8 Å². The quantitative estimate of drug-likeness (QED) is 0.783. The smallest absolute Gasteiger partial charge is 0.256 e. The first kappa shape index (κ1) is 13.6. The molecule has 0 atom stereocenters. The van der Waals surface area contributed by atoms with Gasteiger partial charge in [-0.15, -0.1) is 0 Å². The molecule has 1 N–H and O–H groups in total. The van der Waals surface area contributed by atoms with E-state index in [0.29, 0.717) is 18.7 Å². The molecule has 0 spiro atoms. The minimum atomic E-state index is -0.523. The molecule has 0 saturated carbocycles. The number of amides is 1. The zero-order valence-electron chi connectivity index (χ0n) is 10.7. The highest BCUT2D eigenvalue weighted by Crippen LogP contribution is 2.16. The summed E-state index contributed by atoms with van der Waals surface area (Å²) < 4.78 is 13.8. The van der Waals surface area contributed by atoms with Crippen molar-refractivity contribution in [2.75, 3.05) is 19.7 Å². The van der Waals surface area contributed by atoms with E-state index in [4.69, 9.17) is 5.11 Å². The van der Waals surface area contributed by atoms with Crippen LogP contribution in [0.2, 0.25) is 0 Å². The minimum Gasteiger partial charge on any atom is -0.384 e. The molecule has 1 fully saturated rings. The third-order valence-corrected chi connectivity index (χ3v) is 3.15. The Bertz CT molecular complexity index is 525. The summed E-state index contributed by atoms with van der Waals surface area (Å²) in [4.78, 5) is 13.9. The lowest BCUT2D eigenvalue weighted by Gasteiger charge is -2.26. The molecule has 1 aliphatic heterocycles. The number of hydrogen-bond acceptors (Lipinski definition) is 2. The van der Waals surface area contributed by atoms with Gasteiger partial charge in [0.05, 0.1) is 5.56 Å². The van der Waals surface area contributed by atoms with Crippen molar-refractivity contribution in [3.63, 3.8) is 0 Å². The van der Waals surface area contributed by atoms with E-state index in [2.05, 4.69) is 11.8 Å². The molecule has 1 aromatic carbocycles. The van der Waals surface area contributed by atoms with Crippen molar-refractivity contribution in [3.05, 3.63) is 35.1 Å². The van der Waals surface area contributed by atoms with Crippen molar-refractivity contribution in [2.45, 2.75) is 19.3 Å². The monoisotopic (exact) mass is 261 g/mol. The number of piperidine rings is 1. The number of halogens is 1. The lowest BCUT2D eigenvalue weighted by molar-refractivity contribution is 0.0719. The summed E-state index contributed by atoms with van der Waals surface area (Å²) in [7, 11) is 0. The van der Waals surface area contributed by atoms with Crippen LogP contribution in [0.25, 0.3) is 0 Å². The Kier molecular flexibility index (Phi) is 4.53. The fourth-order valence-corrected chi connectivity index (χ4v) is 2.18. The van der Waals surface area contributed by atoms with Gasteiger partial charge in [-0.05, 0) is 37.5 Å². The van der Waals surface area contributed by atoms with Crippen molar-refractivity contribution >= 4 is 5.91 Å². The maximum absolute atomic E-state index is 13.8. The molecule has 2 rings (SSSR count). The van der Waals surface area contributed by atoms with Crippen molar-refractivity contribution in [1.82, 2.24) is 4.90 Å². The normalized spacial score (nSPS) is 14.7. The van der Waals surface area contributed by atoms with Crippen LogP contribution < -0.4 is 0 Å². The van der Waals surface area contributed by atoms with Crippen LogP contribution in [-0.2, 0) is 0 Å². The van der Waals surface area contributed by atoms with Crippen LogP contribution in [0.4, 0.5) is 4.39 Å². The molecule has 4 heteroatoms. The molecule has 0 bridgehead atoms. The number of benzene rings is 1. The van der Waals surface area contributed by atoms with E-state index in [0.717, 1.165) is 19.3 Å². The van der Waals surface area contributed by atoms with Gasteiger partial charge in [0.25, 0.3) is 5.91 Å². The van der Waals surface area contributed by atoms with E-state index in [1.165, 1.54) is 18.2 Å². The zero-order chi connectivity index (χ0) is 13.7. The molecule has 1 amide bonds. The van der Waals surface area contributed by atoms with Crippen LogP contribution in [0.3, 0.4) is 0 Å². The topological polar surface area (TPSA) is 40.5 Å². The second kappa shape index (κ2) is 6.35. The molecule has 1 saturated heterocycles. The van der Waals surface area contributed by atoms with Crippen molar-refractivity contribution < 1.29 is 14.3 Å². The zero-order valence-corrected chi connectivity index (χ0v) is 10.7. The van der Waals surface area contributed by atoms with Gasteiger partial charge in [-0.3, -0.25) is 4.79 Å². The van der Waals surface area contributed by atoms with Gasteiger partial charge >= 0.3 is 0 Å². The number of aliphatic hydroxyl groups excluding tert-OH is 1. The third kappa shape index (κ3) is 3.33. The first-order valence-electron chi connectivity index (χ1n) is 6.41. The van der Waals surface area contributed by atoms with Gasteiger partial charge in [0.2, 0.25) is 0 Å². The summed E-state index contributed by atoms with van der Waals surface area (Å²) in [6, 6.07) is 4.21. The lowest BCUT2D eigenvalue weighted by atomic mass is 10.1. The summed E-state index contributed by atoms with van der Waals surface area (Å²) in [5.41, 5.74) is 0.599. The number of likely N-dealkylation sites (tertiary alicyclic amines) is 1. The summed E-state index contributed by atoms with van der Waals surface area (Å²) >= 11 is 0. The van der Waals surface area contributed by atoms with Gasteiger partial charge in [0.1, 0.15) is 12.4 Å². The number of nitrogens with zero attached hydrogens (tertiary/aromatic N) is 1. The predicted molar refractivity (Wildman–Crippen MR) is 70.1 cm³/mol. The van der Waals surface area contributed by atoms with Crippen LogP contribution in [0.15, 0.2) is 18.2 Å². The molecular weight excluding hydrogens is 245 g/mol. The second-order valence-corrected chi connectivity index (χ2v) is 4.51. The number of aliphatic hydroxyl groups is 1. The maximum Gasteiger partial charge on any atom is 0.256 e. The Balaban J connectivity index is 2.24. The largest absolute Gasteiger partial charge is 0.384 e. The molecule has 0 aliphatic carbocycles. The number of rotatable bonds is 1. The molecule has 0 aromatic heterocycles. The van der Waals surface area contributed by atoms with Crippen molar-refractivity contribution in [2.24, 2.45) is 0 Å². The van der Waals surface area contributed by atoms with Crippen molar-refractivity contribution in [1.29, 1.82) is 0 Å². The van der Waals surface area contributed by atoms with E-state index >= 15 is 0 Å². The van der Waals surface area contributed by atoms with E-state index in [1.807, 2.05) is 0 Å².